The van der Waals surface area contributed by atoms with Crippen LogP contribution in [0.1, 0.15) is 21.7 Å². The third-order valence-corrected chi connectivity index (χ3v) is 4.83. The lowest BCUT2D eigenvalue weighted by Crippen LogP contribution is -2.16. The van der Waals surface area contributed by atoms with Gasteiger partial charge in [0.25, 0.3) is 11.2 Å². The molecule has 0 bridgehead atoms. The number of aryl methyl sites for hydroxylation is 1. The number of carbonyl (C=O) groups excluding carboxylic acids is 1. The van der Waals surface area contributed by atoms with E-state index in [2.05, 4.69) is 4.98 Å². The van der Waals surface area contributed by atoms with Gasteiger partial charge in [0.05, 0.1) is 16.7 Å². The number of nitro groups is 1. The van der Waals surface area contributed by atoms with Crippen LogP contribution in [0.25, 0.3) is 4.96 Å². The van der Waals surface area contributed by atoms with Crippen LogP contribution in [-0.4, -0.2) is 27.1 Å². The van der Waals surface area contributed by atoms with Gasteiger partial charge in [0.15, 0.2) is 16.5 Å². The molecule has 0 saturated carbocycles. The number of benzene rings is 1. The fraction of sp³-hybridized carbons (Fsp3) is 0.188. The molecule has 27 heavy (non-hydrogen) atoms. The van der Waals surface area contributed by atoms with Crippen LogP contribution in [0.3, 0.4) is 0 Å². The van der Waals surface area contributed by atoms with Crippen LogP contribution in [0.2, 0.25) is 0 Å². The van der Waals surface area contributed by atoms with E-state index < -0.39 is 16.6 Å². The smallest absolute Gasteiger partial charge is 0.345 e. The standard InChI is InChI=1S/C16H11N3O7S/c1-8-6-27-16-17-9(2-14(20)18(8)16)5-24-15(21)10-3-12-13(26-7-25-12)4-11(10)19(22)23/h2-4,6H,5,7H2,1H3. The molecule has 1 aromatic carbocycles. The molecule has 10 nitrogen and oxygen atoms in total. The minimum Gasteiger partial charge on any atom is -0.455 e. The number of carbonyl (C=O) groups is 1. The van der Waals surface area contributed by atoms with Crippen LogP contribution in [0.5, 0.6) is 11.5 Å². The summed E-state index contributed by atoms with van der Waals surface area (Å²) in [5, 5.41) is 13.0. The van der Waals surface area contributed by atoms with Gasteiger partial charge in [-0.3, -0.25) is 19.3 Å². The predicted molar refractivity (Wildman–Crippen MR) is 92.4 cm³/mol. The van der Waals surface area contributed by atoms with Gasteiger partial charge >= 0.3 is 5.97 Å². The molecular formula is C16H11N3O7S. The molecule has 0 saturated heterocycles. The van der Waals surface area contributed by atoms with Crippen molar-refractivity contribution in [1.82, 2.24) is 9.38 Å². The summed E-state index contributed by atoms with van der Waals surface area (Å²) < 4.78 is 16.8. The van der Waals surface area contributed by atoms with E-state index >= 15 is 0 Å². The minimum absolute atomic E-state index is 0.0842. The summed E-state index contributed by atoms with van der Waals surface area (Å²) >= 11 is 1.28. The predicted octanol–water partition coefficient (Wildman–Crippen LogP) is 2.06. The number of hydrogen-bond acceptors (Lipinski definition) is 9. The van der Waals surface area contributed by atoms with E-state index in [1.54, 1.807) is 12.3 Å². The van der Waals surface area contributed by atoms with Gasteiger partial charge in [-0.25, -0.2) is 9.78 Å². The number of rotatable bonds is 4. The monoisotopic (exact) mass is 389 g/mol. The Bertz CT molecular complexity index is 1150. The van der Waals surface area contributed by atoms with E-state index in [4.69, 9.17) is 14.2 Å². The van der Waals surface area contributed by atoms with E-state index in [1.165, 1.54) is 27.9 Å². The normalized spacial score (nSPS) is 12.3. The molecule has 0 N–H and O–H groups in total. The molecule has 0 spiro atoms. The van der Waals surface area contributed by atoms with Crippen molar-refractivity contribution in [2.75, 3.05) is 6.79 Å². The van der Waals surface area contributed by atoms with Gasteiger partial charge in [-0.2, -0.15) is 0 Å². The third-order valence-electron chi connectivity index (χ3n) is 3.89. The summed E-state index contributed by atoms with van der Waals surface area (Å²) in [7, 11) is 0. The van der Waals surface area contributed by atoms with E-state index in [9.17, 15) is 19.7 Å². The molecule has 3 heterocycles. The van der Waals surface area contributed by atoms with Crippen molar-refractivity contribution < 1.29 is 23.9 Å². The quantitative estimate of drug-likeness (QED) is 0.377. The first-order chi connectivity index (χ1) is 12.9. The van der Waals surface area contributed by atoms with Crippen LogP contribution in [0, 0.1) is 17.0 Å². The van der Waals surface area contributed by atoms with Gasteiger partial charge in [0.2, 0.25) is 6.79 Å². The van der Waals surface area contributed by atoms with Gasteiger partial charge in [-0.1, -0.05) is 0 Å². The Balaban J connectivity index is 1.60. The van der Waals surface area contributed by atoms with Crippen molar-refractivity contribution in [1.29, 1.82) is 0 Å². The minimum atomic E-state index is -0.927. The first-order valence-corrected chi connectivity index (χ1v) is 8.54. The van der Waals surface area contributed by atoms with Gasteiger partial charge in [0.1, 0.15) is 12.2 Å². The maximum absolute atomic E-state index is 12.4. The van der Waals surface area contributed by atoms with Gasteiger partial charge in [-0.15, -0.1) is 11.3 Å². The zero-order valence-electron chi connectivity index (χ0n) is 13.8. The molecule has 1 aliphatic heterocycles. The SMILES string of the molecule is Cc1csc2nc(COC(=O)c3cc4c(cc3[N+](=O)[O-])OCO4)cc(=O)n12. The molecule has 11 heteroatoms. The van der Waals surface area contributed by atoms with E-state index in [1.807, 2.05) is 0 Å². The number of ether oxygens (including phenoxy) is 3. The highest BCUT2D eigenvalue weighted by atomic mass is 32.1. The van der Waals surface area contributed by atoms with Crippen LogP contribution in [0.4, 0.5) is 5.69 Å². The number of fused-ring (bicyclic) bond motifs is 2. The van der Waals surface area contributed by atoms with Crippen LogP contribution in [-0.2, 0) is 11.3 Å². The summed E-state index contributed by atoms with van der Waals surface area (Å²) in [5.74, 6) is -0.518. The molecule has 0 amide bonds. The van der Waals surface area contributed by atoms with Crippen LogP contribution < -0.4 is 15.0 Å². The van der Waals surface area contributed by atoms with Gasteiger partial charge < -0.3 is 14.2 Å². The third kappa shape index (κ3) is 2.97. The maximum atomic E-state index is 12.4. The number of hydrogen-bond donors (Lipinski definition) is 0. The number of esters is 1. The first kappa shape index (κ1) is 17.0. The molecule has 1 aliphatic rings. The zero-order valence-corrected chi connectivity index (χ0v) is 14.6. The second-order valence-corrected chi connectivity index (χ2v) is 6.47. The summed E-state index contributed by atoms with van der Waals surface area (Å²) in [5.41, 5.74) is -0.0138. The lowest BCUT2D eigenvalue weighted by molar-refractivity contribution is -0.385. The topological polar surface area (TPSA) is 122 Å². The van der Waals surface area contributed by atoms with E-state index in [0.29, 0.717) is 4.96 Å². The fourth-order valence-electron chi connectivity index (χ4n) is 2.64. The number of nitrogens with zero attached hydrogens (tertiary/aromatic N) is 3. The molecule has 0 radical (unpaired) electrons. The Morgan fingerprint density at radius 1 is 1.37 bits per heavy atom. The van der Waals surface area contributed by atoms with E-state index in [-0.39, 0.29) is 41.7 Å². The fourth-order valence-corrected chi connectivity index (χ4v) is 3.53. The lowest BCUT2D eigenvalue weighted by atomic mass is 10.1. The summed E-state index contributed by atoms with van der Waals surface area (Å²) in [6.45, 7) is 1.40. The zero-order chi connectivity index (χ0) is 19.1. The van der Waals surface area contributed by atoms with E-state index in [0.717, 1.165) is 11.8 Å². The Hall–Kier alpha value is -3.47. The maximum Gasteiger partial charge on any atom is 0.345 e. The highest BCUT2D eigenvalue weighted by Crippen LogP contribution is 2.38. The van der Waals surface area contributed by atoms with Crippen molar-refractivity contribution in [3.63, 3.8) is 0 Å². The molecule has 0 aliphatic carbocycles. The molecule has 2 aromatic heterocycles. The summed E-state index contributed by atoms with van der Waals surface area (Å²) in [6.07, 6.45) is 0. The first-order valence-electron chi connectivity index (χ1n) is 7.66. The van der Waals surface area contributed by atoms with Crippen molar-refractivity contribution in [3.05, 3.63) is 61.0 Å². The lowest BCUT2D eigenvalue weighted by Gasteiger charge is -2.06. The van der Waals surface area contributed by atoms with Crippen molar-refractivity contribution in [2.45, 2.75) is 13.5 Å². The highest BCUT2D eigenvalue weighted by Gasteiger charge is 2.28. The molecule has 0 fully saturated rings. The summed E-state index contributed by atoms with van der Waals surface area (Å²) in [4.78, 5) is 39.8. The van der Waals surface area contributed by atoms with Gasteiger partial charge in [-0.05, 0) is 6.92 Å². The molecule has 0 unspecified atom stereocenters. The molecule has 4 rings (SSSR count). The average Bonchev–Trinajstić information content (AvgIpc) is 3.24. The number of nitro benzene ring substituents is 1. The average molecular weight is 389 g/mol. The second-order valence-electron chi connectivity index (χ2n) is 5.64. The molecular weight excluding hydrogens is 378 g/mol. The van der Waals surface area contributed by atoms with Gasteiger partial charge in [0, 0.05) is 23.2 Å². The van der Waals surface area contributed by atoms with Crippen LogP contribution >= 0.6 is 11.3 Å². The van der Waals surface area contributed by atoms with Crippen molar-refractivity contribution in [2.24, 2.45) is 0 Å². The van der Waals surface area contributed by atoms with Crippen molar-refractivity contribution in [3.8, 4) is 11.5 Å². The molecule has 0 atom stereocenters. The van der Waals surface area contributed by atoms with Crippen LogP contribution in [0.15, 0.2) is 28.4 Å². The van der Waals surface area contributed by atoms with Crippen molar-refractivity contribution >= 4 is 28.0 Å². The highest BCUT2D eigenvalue weighted by molar-refractivity contribution is 7.15. The Morgan fingerprint density at radius 3 is 2.85 bits per heavy atom. The Morgan fingerprint density at radius 2 is 2.11 bits per heavy atom. The number of aromatic nitrogens is 2. The largest absolute Gasteiger partial charge is 0.455 e. The molecule has 138 valence electrons. The Kier molecular flexibility index (Phi) is 4.00. The Labute approximate surface area is 154 Å². The number of thiazole rings is 1. The molecule has 3 aromatic rings. The second kappa shape index (κ2) is 6.36. The summed E-state index contributed by atoms with van der Waals surface area (Å²) in [6, 6.07) is 3.58.